The topological polar surface area (TPSA) is 25.4 Å². The average molecular weight is 344 g/mol. The van der Waals surface area contributed by atoms with Crippen molar-refractivity contribution >= 4 is 0 Å². The second-order valence-electron chi connectivity index (χ2n) is 6.78. The third-order valence-electron chi connectivity index (χ3n) is 5.16. The van der Waals surface area contributed by atoms with E-state index in [0.29, 0.717) is 6.04 Å². The van der Waals surface area contributed by atoms with Gasteiger partial charge in [-0.05, 0) is 72.5 Å². The van der Waals surface area contributed by atoms with Crippen LogP contribution in [0.1, 0.15) is 30.0 Å². The summed E-state index contributed by atoms with van der Waals surface area (Å²) in [6.07, 6.45) is 6.35. The Hall–Kier alpha value is -2.65. The number of rotatable bonds is 5. The molecule has 3 nitrogen and oxygen atoms in total. The molecule has 0 saturated carbocycles. The molecular weight excluding hydrogens is 320 g/mol. The zero-order valence-electron chi connectivity index (χ0n) is 15.1. The molecule has 2 aromatic carbocycles. The summed E-state index contributed by atoms with van der Waals surface area (Å²) in [7, 11) is 1.71. The van der Waals surface area contributed by atoms with Gasteiger partial charge in [-0.1, -0.05) is 36.4 Å². The van der Waals surface area contributed by atoms with E-state index in [2.05, 4.69) is 58.4 Å². The molecule has 0 unspecified atom stereocenters. The first-order chi connectivity index (χ1) is 12.8. The van der Waals surface area contributed by atoms with Crippen LogP contribution in [0.4, 0.5) is 0 Å². The Morgan fingerprint density at radius 3 is 2.23 bits per heavy atom. The first-order valence-electron chi connectivity index (χ1n) is 9.23. The van der Waals surface area contributed by atoms with E-state index in [9.17, 15) is 0 Å². The fourth-order valence-corrected chi connectivity index (χ4v) is 3.82. The van der Waals surface area contributed by atoms with Crippen LogP contribution in [0, 0.1) is 0 Å². The molecule has 0 bridgehead atoms. The van der Waals surface area contributed by atoms with E-state index in [4.69, 9.17) is 4.74 Å². The quantitative estimate of drug-likeness (QED) is 0.655. The molecule has 1 saturated heterocycles. The molecule has 4 rings (SSSR count). The van der Waals surface area contributed by atoms with Crippen molar-refractivity contribution in [1.82, 2.24) is 9.88 Å². The largest absolute Gasteiger partial charge is 0.497 e. The summed E-state index contributed by atoms with van der Waals surface area (Å²) >= 11 is 0. The summed E-state index contributed by atoms with van der Waals surface area (Å²) in [5.74, 6) is 0.887. The number of pyridine rings is 1. The zero-order chi connectivity index (χ0) is 17.8. The van der Waals surface area contributed by atoms with Gasteiger partial charge in [-0.15, -0.1) is 0 Å². The number of ether oxygens (including phenoxy) is 1. The van der Waals surface area contributed by atoms with Crippen molar-refractivity contribution in [2.24, 2.45) is 0 Å². The lowest BCUT2D eigenvalue weighted by atomic mass is 9.95. The second-order valence-corrected chi connectivity index (χ2v) is 6.78. The minimum absolute atomic E-state index is 0.305. The predicted molar refractivity (Wildman–Crippen MR) is 105 cm³/mol. The van der Waals surface area contributed by atoms with Crippen molar-refractivity contribution < 1.29 is 4.74 Å². The third-order valence-corrected chi connectivity index (χ3v) is 5.16. The molecule has 0 aliphatic carbocycles. The van der Waals surface area contributed by atoms with Crippen molar-refractivity contribution in [2.75, 3.05) is 20.2 Å². The summed E-state index contributed by atoms with van der Waals surface area (Å²) in [5, 5.41) is 0. The van der Waals surface area contributed by atoms with Gasteiger partial charge in [-0.2, -0.15) is 0 Å². The van der Waals surface area contributed by atoms with Gasteiger partial charge in [0.25, 0.3) is 0 Å². The first-order valence-corrected chi connectivity index (χ1v) is 9.23. The Labute approximate surface area is 155 Å². The fraction of sp³-hybridized carbons (Fsp3) is 0.261. The summed E-state index contributed by atoms with van der Waals surface area (Å²) in [6, 6.07) is 21.8. The molecule has 1 atom stereocenters. The van der Waals surface area contributed by atoms with Crippen molar-refractivity contribution in [3.05, 3.63) is 84.2 Å². The van der Waals surface area contributed by atoms with E-state index in [1.807, 2.05) is 24.5 Å². The molecule has 1 aliphatic heterocycles. The Morgan fingerprint density at radius 2 is 1.54 bits per heavy atom. The Kier molecular flexibility index (Phi) is 4.98. The normalized spacial score (nSPS) is 15.7. The molecular formula is C23H24N2O. The van der Waals surface area contributed by atoms with Crippen LogP contribution < -0.4 is 4.74 Å². The molecule has 0 spiro atoms. The second kappa shape index (κ2) is 7.71. The van der Waals surface area contributed by atoms with E-state index in [0.717, 1.165) is 18.8 Å². The van der Waals surface area contributed by atoms with Gasteiger partial charge in [-0.25, -0.2) is 0 Å². The van der Waals surface area contributed by atoms with Crippen molar-refractivity contribution in [2.45, 2.75) is 18.9 Å². The molecule has 1 aliphatic rings. The highest BCUT2D eigenvalue weighted by molar-refractivity contribution is 5.65. The van der Waals surface area contributed by atoms with Gasteiger partial charge in [0.2, 0.25) is 0 Å². The van der Waals surface area contributed by atoms with Crippen molar-refractivity contribution in [3.63, 3.8) is 0 Å². The highest BCUT2D eigenvalue weighted by Crippen LogP contribution is 2.33. The smallest absolute Gasteiger partial charge is 0.119 e. The fourth-order valence-electron chi connectivity index (χ4n) is 3.82. The molecule has 0 amide bonds. The standard InChI is InChI=1S/C23H24N2O/c1-26-22-6-4-5-21(17-22)18-7-9-19(10-8-18)23(25-15-2-3-16-25)20-11-13-24-14-12-20/h4-14,17,23H,2-3,15-16H2,1H3/t23-/m1/s1. The van der Waals surface area contributed by atoms with Crippen LogP contribution in [-0.4, -0.2) is 30.1 Å². The minimum Gasteiger partial charge on any atom is -0.497 e. The number of methoxy groups -OCH3 is 1. The van der Waals surface area contributed by atoms with Gasteiger partial charge in [0, 0.05) is 12.4 Å². The monoisotopic (exact) mass is 344 g/mol. The summed E-state index contributed by atoms with van der Waals surface area (Å²) in [4.78, 5) is 6.77. The average Bonchev–Trinajstić information content (AvgIpc) is 3.24. The van der Waals surface area contributed by atoms with Gasteiger partial charge in [-0.3, -0.25) is 9.88 Å². The van der Waals surface area contributed by atoms with Gasteiger partial charge < -0.3 is 4.74 Å². The van der Waals surface area contributed by atoms with Gasteiger partial charge >= 0.3 is 0 Å². The molecule has 3 aromatic rings. The molecule has 26 heavy (non-hydrogen) atoms. The number of hydrogen-bond acceptors (Lipinski definition) is 3. The molecule has 3 heteroatoms. The highest BCUT2D eigenvalue weighted by atomic mass is 16.5. The van der Waals surface area contributed by atoms with Crippen LogP contribution in [0.5, 0.6) is 5.75 Å². The lowest BCUT2D eigenvalue weighted by Gasteiger charge is -2.28. The summed E-state index contributed by atoms with van der Waals surface area (Å²) in [6.45, 7) is 2.31. The molecule has 0 radical (unpaired) electrons. The van der Waals surface area contributed by atoms with Crippen LogP contribution in [0.25, 0.3) is 11.1 Å². The number of benzene rings is 2. The van der Waals surface area contributed by atoms with Gasteiger partial charge in [0.15, 0.2) is 0 Å². The van der Waals surface area contributed by atoms with E-state index >= 15 is 0 Å². The Balaban J connectivity index is 1.66. The maximum Gasteiger partial charge on any atom is 0.119 e. The highest BCUT2D eigenvalue weighted by Gasteiger charge is 2.24. The third kappa shape index (κ3) is 3.49. The predicted octanol–water partition coefficient (Wildman–Crippen LogP) is 4.94. The molecule has 0 N–H and O–H groups in total. The summed E-state index contributed by atoms with van der Waals surface area (Å²) < 4.78 is 5.35. The van der Waals surface area contributed by atoms with E-state index in [1.165, 1.54) is 35.1 Å². The van der Waals surface area contributed by atoms with Crippen molar-refractivity contribution in [3.8, 4) is 16.9 Å². The van der Waals surface area contributed by atoms with Crippen LogP contribution in [0.15, 0.2) is 73.1 Å². The SMILES string of the molecule is COc1cccc(-c2ccc([C@H](c3ccncc3)N3CCCC3)cc2)c1. The lowest BCUT2D eigenvalue weighted by molar-refractivity contribution is 0.281. The molecule has 1 fully saturated rings. The number of nitrogens with zero attached hydrogens (tertiary/aromatic N) is 2. The van der Waals surface area contributed by atoms with E-state index in [-0.39, 0.29) is 0 Å². The first kappa shape index (κ1) is 16.8. The lowest BCUT2D eigenvalue weighted by Crippen LogP contribution is -2.26. The van der Waals surface area contributed by atoms with Gasteiger partial charge in [0.05, 0.1) is 13.2 Å². The minimum atomic E-state index is 0.305. The number of aromatic nitrogens is 1. The van der Waals surface area contributed by atoms with Gasteiger partial charge in [0.1, 0.15) is 5.75 Å². The van der Waals surface area contributed by atoms with Crippen LogP contribution in [0.3, 0.4) is 0 Å². The maximum absolute atomic E-state index is 5.35. The zero-order valence-corrected chi connectivity index (χ0v) is 15.1. The molecule has 2 heterocycles. The summed E-state index contributed by atoms with van der Waals surface area (Å²) in [5.41, 5.74) is 5.04. The maximum atomic E-state index is 5.35. The number of hydrogen-bond donors (Lipinski definition) is 0. The van der Waals surface area contributed by atoms with E-state index in [1.54, 1.807) is 7.11 Å². The van der Waals surface area contributed by atoms with Crippen LogP contribution in [0.2, 0.25) is 0 Å². The Bertz CT molecular complexity index is 840. The Morgan fingerprint density at radius 1 is 0.846 bits per heavy atom. The van der Waals surface area contributed by atoms with Crippen LogP contribution >= 0.6 is 0 Å². The molecule has 1 aromatic heterocycles. The molecule has 132 valence electrons. The van der Waals surface area contributed by atoms with Crippen molar-refractivity contribution in [1.29, 1.82) is 0 Å². The van der Waals surface area contributed by atoms with E-state index < -0.39 is 0 Å². The van der Waals surface area contributed by atoms with Crippen LogP contribution in [-0.2, 0) is 0 Å². The number of likely N-dealkylation sites (tertiary alicyclic amines) is 1.